The summed E-state index contributed by atoms with van der Waals surface area (Å²) < 4.78 is 20.8. The highest BCUT2D eigenvalue weighted by atomic mass is 79.9. The van der Waals surface area contributed by atoms with Crippen molar-refractivity contribution in [1.29, 1.82) is 0 Å². The third-order valence-electron chi connectivity index (χ3n) is 3.91. The van der Waals surface area contributed by atoms with Crippen LogP contribution >= 0.6 is 31.9 Å². The summed E-state index contributed by atoms with van der Waals surface area (Å²) in [6, 6.07) is 0. The third-order valence-corrected chi connectivity index (χ3v) is 4.56. The molecule has 0 rings (SSSR count). The Hall–Kier alpha value is -0.180. The molecule has 0 unspecified atom stereocenters. The molecule has 0 fully saturated rings. The lowest BCUT2D eigenvalue weighted by Gasteiger charge is -2.30. The molecular weight excluding hydrogens is 496 g/mol. The van der Waals surface area contributed by atoms with E-state index in [0.717, 1.165) is 0 Å². The van der Waals surface area contributed by atoms with Gasteiger partial charge in [0.25, 0.3) is 0 Å². The molecular formula is C20H36Br2O6. The third kappa shape index (κ3) is 13.1. The van der Waals surface area contributed by atoms with Gasteiger partial charge in [0.2, 0.25) is 0 Å². The summed E-state index contributed by atoms with van der Waals surface area (Å²) in [6.07, 6.45) is 1.28. The van der Waals surface area contributed by atoms with Crippen LogP contribution in [0.5, 0.6) is 0 Å². The van der Waals surface area contributed by atoms with E-state index in [1.165, 1.54) is 0 Å². The Kier molecular flexibility index (Phi) is 11.2. The standard InChI is InChI=1S/C20H36Br2O6/c1-17(2,9-11-25-15(23)19(5,6)21)27-12-10-18(3,4)28-14-13-26-16(24)20(7,8)22/h9-14H2,1-8H3. The first-order valence-corrected chi connectivity index (χ1v) is 11.1. The summed E-state index contributed by atoms with van der Waals surface area (Å²) in [6.45, 7) is 16.2. The van der Waals surface area contributed by atoms with Crippen LogP contribution in [0.2, 0.25) is 0 Å². The molecule has 0 aliphatic heterocycles. The summed E-state index contributed by atoms with van der Waals surface area (Å²) >= 11 is 6.54. The van der Waals surface area contributed by atoms with Crippen LogP contribution in [0.1, 0.15) is 68.2 Å². The molecule has 166 valence electrons. The number of esters is 2. The first-order valence-electron chi connectivity index (χ1n) is 9.46. The maximum absolute atomic E-state index is 11.8. The molecule has 0 radical (unpaired) electrons. The van der Waals surface area contributed by atoms with Crippen molar-refractivity contribution in [3.8, 4) is 0 Å². The van der Waals surface area contributed by atoms with Crippen LogP contribution in [0.3, 0.4) is 0 Å². The van der Waals surface area contributed by atoms with Crippen molar-refractivity contribution in [2.75, 3.05) is 26.4 Å². The first-order chi connectivity index (χ1) is 12.5. The van der Waals surface area contributed by atoms with Gasteiger partial charge < -0.3 is 18.9 Å². The number of halogens is 2. The number of hydrogen-bond donors (Lipinski definition) is 0. The van der Waals surface area contributed by atoms with Gasteiger partial charge in [0, 0.05) is 6.42 Å². The number of hydrogen-bond acceptors (Lipinski definition) is 6. The Labute approximate surface area is 186 Å². The molecule has 0 heterocycles. The van der Waals surface area contributed by atoms with Gasteiger partial charge in [-0.1, -0.05) is 31.9 Å². The predicted octanol–water partition coefficient (Wildman–Crippen LogP) is 4.79. The molecule has 0 aromatic carbocycles. The molecule has 0 amide bonds. The van der Waals surface area contributed by atoms with Crippen LogP contribution in [0, 0.1) is 0 Å². The van der Waals surface area contributed by atoms with Gasteiger partial charge in [-0.2, -0.15) is 0 Å². The summed E-state index contributed by atoms with van der Waals surface area (Å²) in [5, 5.41) is 0. The average Bonchev–Trinajstić information content (AvgIpc) is 2.48. The minimum absolute atomic E-state index is 0.207. The Morgan fingerprint density at radius 1 is 0.607 bits per heavy atom. The number of ether oxygens (including phenoxy) is 4. The van der Waals surface area contributed by atoms with E-state index in [1.54, 1.807) is 27.7 Å². The van der Waals surface area contributed by atoms with Crippen LogP contribution < -0.4 is 0 Å². The normalized spacial score (nSPS) is 13.4. The largest absolute Gasteiger partial charge is 0.465 e. The van der Waals surface area contributed by atoms with Gasteiger partial charge in [-0.3, -0.25) is 9.59 Å². The lowest BCUT2D eigenvalue weighted by atomic mass is 10.0. The molecule has 0 aliphatic carbocycles. The van der Waals surface area contributed by atoms with E-state index in [9.17, 15) is 9.59 Å². The Bertz CT molecular complexity index is 504. The van der Waals surface area contributed by atoms with Gasteiger partial charge >= 0.3 is 11.9 Å². The van der Waals surface area contributed by atoms with E-state index in [0.29, 0.717) is 32.7 Å². The fourth-order valence-electron chi connectivity index (χ4n) is 1.90. The van der Waals surface area contributed by atoms with Gasteiger partial charge in [0.05, 0.1) is 31.0 Å². The lowest BCUT2D eigenvalue weighted by Crippen LogP contribution is -2.34. The van der Waals surface area contributed by atoms with Gasteiger partial charge in [0.1, 0.15) is 15.3 Å². The molecule has 8 heteroatoms. The molecule has 0 N–H and O–H groups in total. The van der Waals surface area contributed by atoms with Gasteiger partial charge in [-0.05, 0) is 61.8 Å². The van der Waals surface area contributed by atoms with E-state index < -0.39 is 19.9 Å². The predicted molar refractivity (Wildman–Crippen MR) is 117 cm³/mol. The number of alkyl halides is 2. The van der Waals surface area contributed by atoms with E-state index in [2.05, 4.69) is 31.9 Å². The Morgan fingerprint density at radius 2 is 0.964 bits per heavy atom. The molecule has 0 bridgehead atoms. The van der Waals surface area contributed by atoms with Gasteiger partial charge in [-0.25, -0.2) is 0 Å². The zero-order chi connectivity index (χ0) is 22.2. The van der Waals surface area contributed by atoms with Crippen molar-refractivity contribution in [3.63, 3.8) is 0 Å². The second kappa shape index (κ2) is 11.3. The van der Waals surface area contributed by atoms with Crippen LogP contribution in [-0.2, 0) is 28.5 Å². The molecule has 28 heavy (non-hydrogen) atoms. The molecule has 0 aromatic heterocycles. The lowest BCUT2D eigenvalue weighted by molar-refractivity contribution is -0.150. The highest BCUT2D eigenvalue weighted by Gasteiger charge is 2.28. The van der Waals surface area contributed by atoms with Gasteiger partial charge in [-0.15, -0.1) is 0 Å². The van der Waals surface area contributed by atoms with Gasteiger partial charge in [0.15, 0.2) is 0 Å². The van der Waals surface area contributed by atoms with Crippen molar-refractivity contribution in [2.45, 2.75) is 88.1 Å². The summed E-state index contributed by atoms with van der Waals surface area (Å²) in [7, 11) is 0. The maximum atomic E-state index is 11.8. The molecule has 0 aromatic rings. The van der Waals surface area contributed by atoms with Crippen LogP contribution in [0.25, 0.3) is 0 Å². The smallest absolute Gasteiger partial charge is 0.322 e. The van der Waals surface area contributed by atoms with Crippen LogP contribution in [0.15, 0.2) is 0 Å². The Morgan fingerprint density at radius 3 is 1.39 bits per heavy atom. The highest BCUT2D eigenvalue weighted by Crippen LogP contribution is 2.22. The minimum atomic E-state index is -0.694. The average molecular weight is 532 g/mol. The SMILES string of the molecule is CC(C)(CCOC(=O)C(C)(C)Br)OCCC(C)(C)OCCOC(=O)C(C)(C)Br. The number of carbonyl (C=O) groups is 2. The molecule has 0 spiro atoms. The van der Waals surface area contributed by atoms with Crippen molar-refractivity contribution in [1.82, 2.24) is 0 Å². The van der Waals surface area contributed by atoms with E-state index in [4.69, 9.17) is 18.9 Å². The zero-order valence-electron chi connectivity index (χ0n) is 18.4. The molecule has 6 nitrogen and oxygen atoms in total. The van der Waals surface area contributed by atoms with Crippen molar-refractivity contribution in [3.05, 3.63) is 0 Å². The van der Waals surface area contributed by atoms with Crippen LogP contribution in [0.4, 0.5) is 0 Å². The number of rotatable bonds is 13. The number of carbonyl (C=O) groups excluding carboxylic acids is 2. The van der Waals surface area contributed by atoms with E-state index >= 15 is 0 Å². The van der Waals surface area contributed by atoms with Crippen molar-refractivity contribution < 1.29 is 28.5 Å². The molecule has 0 saturated heterocycles. The topological polar surface area (TPSA) is 71.1 Å². The summed E-state index contributed by atoms with van der Waals surface area (Å²) in [5.74, 6) is -0.607. The quantitative estimate of drug-likeness (QED) is 0.193. The minimum Gasteiger partial charge on any atom is -0.465 e. The zero-order valence-corrected chi connectivity index (χ0v) is 21.6. The molecule has 0 saturated carbocycles. The first kappa shape index (κ1) is 27.8. The molecule has 0 aliphatic rings. The second-order valence-corrected chi connectivity index (χ2v) is 12.9. The van der Waals surface area contributed by atoms with Crippen molar-refractivity contribution >= 4 is 43.8 Å². The fourth-order valence-corrected chi connectivity index (χ4v) is 2.13. The summed E-state index contributed by atoms with van der Waals surface area (Å²) in [4.78, 5) is 23.4. The summed E-state index contributed by atoms with van der Waals surface area (Å²) in [5.41, 5.74) is -0.817. The van der Waals surface area contributed by atoms with E-state index in [-0.39, 0.29) is 18.5 Å². The second-order valence-electron chi connectivity index (χ2n) is 8.93. The highest BCUT2D eigenvalue weighted by molar-refractivity contribution is 9.10. The Balaban J connectivity index is 4.10. The monoisotopic (exact) mass is 530 g/mol. The van der Waals surface area contributed by atoms with E-state index in [1.807, 2.05) is 27.7 Å². The van der Waals surface area contributed by atoms with Crippen LogP contribution in [-0.4, -0.2) is 58.2 Å². The maximum Gasteiger partial charge on any atom is 0.322 e. The molecule has 0 atom stereocenters. The van der Waals surface area contributed by atoms with Crippen molar-refractivity contribution in [2.24, 2.45) is 0 Å². The fraction of sp³-hybridized carbons (Fsp3) is 0.900.